The molecule has 4 rings (SSSR count). The Labute approximate surface area is 282 Å². The minimum atomic E-state index is -5.80. The number of aliphatic hydroxyl groups is 2. The number of fused-ring (bicyclic) bond motifs is 1. The van der Waals surface area contributed by atoms with Crippen LogP contribution in [0.25, 0.3) is 11.2 Å². The number of carbonyl (C=O) groups excluding carboxylic acids is 3. The highest BCUT2D eigenvalue weighted by molar-refractivity contribution is 7.61. The number of ether oxygens (including phenoxy) is 5. The molecule has 50 heavy (non-hydrogen) atoms. The number of imidazole rings is 1. The smallest absolute Gasteiger partial charge is 0.462 e. The Bertz CT molecular complexity index is 1680. The van der Waals surface area contributed by atoms with Gasteiger partial charge < -0.3 is 49.4 Å². The van der Waals surface area contributed by atoms with Crippen LogP contribution in [-0.4, -0.2) is 113 Å². The number of nitrogen functional groups attached to an aromatic ring is 1. The number of phosphoric ester groups is 2. The van der Waals surface area contributed by atoms with Crippen molar-refractivity contribution < 1.29 is 84.9 Å². The van der Waals surface area contributed by atoms with Crippen molar-refractivity contribution in [2.45, 2.75) is 83.5 Å². The maximum Gasteiger partial charge on any atom is 0.483 e. The van der Waals surface area contributed by atoms with Gasteiger partial charge in [0.05, 0.1) is 6.33 Å². The van der Waals surface area contributed by atoms with Crippen LogP contribution in [0.3, 0.4) is 0 Å². The molecule has 6 N–H and O–H groups in total. The zero-order valence-corrected chi connectivity index (χ0v) is 28.8. The van der Waals surface area contributed by atoms with Crippen LogP contribution in [0.4, 0.5) is 10.2 Å². The van der Waals surface area contributed by atoms with Gasteiger partial charge in [-0.2, -0.15) is 4.31 Å². The molecule has 4 heterocycles. The molecule has 2 aromatic heterocycles. The van der Waals surface area contributed by atoms with E-state index in [-0.39, 0.29) is 17.0 Å². The molecule has 0 saturated carbocycles. The summed E-state index contributed by atoms with van der Waals surface area (Å²) in [6, 6.07) is 0. The number of aliphatic hydroxyl groups excluding tert-OH is 2. The lowest BCUT2D eigenvalue weighted by Gasteiger charge is -2.45. The topological polar surface area (TPSA) is 310 Å². The van der Waals surface area contributed by atoms with Gasteiger partial charge in [-0.05, 0) is 5.92 Å². The number of carbonyl (C=O) groups is 3. The van der Waals surface area contributed by atoms with E-state index in [0.29, 0.717) is 0 Å². The number of anilines is 1. The molecule has 0 spiro atoms. The van der Waals surface area contributed by atoms with Crippen molar-refractivity contribution in [1.29, 1.82) is 0 Å². The molecule has 12 atom stereocenters. The predicted molar refractivity (Wildman–Crippen MR) is 158 cm³/mol. The van der Waals surface area contributed by atoms with Crippen LogP contribution in [0.15, 0.2) is 12.7 Å². The molecule has 0 radical (unpaired) electrons. The quantitative estimate of drug-likeness (QED) is 0.102. The number of hydrogen-bond donors (Lipinski definition) is 5. The number of aromatic nitrogens is 4. The molecule has 0 aromatic carbocycles. The van der Waals surface area contributed by atoms with E-state index in [1.165, 1.54) is 6.92 Å². The minimum absolute atomic E-state index is 0.0260. The lowest BCUT2D eigenvalue weighted by Crippen LogP contribution is -2.56. The summed E-state index contributed by atoms with van der Waals surface area (Å²) in [6.07, 6.45) is -10.1. The number of halogens is 1. The summed E-state index contributed by atoms with van der Waals surface area (Å²) in [5, 5.41) is 20.9. The molecule has 0 aliphatic carbocycles. The van der Waals surface area contributed by atoms with E-state index in [9.17, 15) is 43.5 Å². The van der Waals surface area contributed by atoms with Crippen LogP contribution in [0.1, 0.15) is 40.8 Å². The van der Waals surface area contributed by atoms with Crippen LogP contribution < -0.4 is 5.73 Å². The van der Waals surface area contributed by atoms with Gasteiger partial charge >= 0.3 is 33.6 Å². The summed E-state index contributed by atoms with van der Waals surface area (Å²) in [5.74, 6) is -7.34. The summed E-state index contributed by atoms with van der Waals surface area (Å²) >= 11 is 0. The molecule has 2 aromatic rings. The second kappa shape index (κ2) is 15.2. The van der Waals surface area contributed by atoms with Crippen LogP contribution in [0.5, 0.6) is 0 Å². The van der Waals surface area contributed by atoms with Gasteiger partial charge in [-0.3, -0.25) is 28.0 Å². The Hall–Kier alpha value is -3.21. The maximum atomic E-state index is 15.8. The molecule has 5 unspecified atom stereocenters. The van der Waals surface area contributed by atoms with E-state index in [1.807, 2.05) is 0 Å². The summed E-state index contributed by atoms with van der Waals surface area (Å²) in [5.41, 5.74) is 5.75. The van der Waals surface area contributed by atoms with Gasteiger partial charge in [-0.25, -0.2) is 28.5 Å². The third kappa shape index (κ3) is 8.98. The van der Waals surface area contributed by atoms with Crippen molar-refractivity contribution in [1.82, 2.24) is 19.5 Å². The highest BCUT2D eigenvalue weighted by atomic mass is 31.3. The molecule has 2 saturated heterocycles. The van der Waals surface area contributed by atoms with Crippen molar-refractivity contribution in [2.24, 2.45) is 11.8 Å². The van der Waals surface area contributed by atoms with Crippen LogP contribution >= 0.6 is 15.6 Å². The van der Waals surface area contributed by atoms with Gasteiger partial charge in [0, 0.05) is 26.7 Å². The number of nitrogens with zero attached hydrogens (tertiary/aromatic N) is 4. The van der Waals surface area contributed by atoms with Crippen molar-refractivity contribution in [3.05, 3.63) is 12.7 Å². The Morgan fingerprint density at radius 2 is 1.74 bits per heavy atom. The Morgan fingerprint density at radius 3 is 2.36 bits per heavy atom. The van der Waals surface area contributed by atoms with Crippen molar-refractivity contribution in [3.63, 3.8) is 0 Å². The average molecular weight is 760 g/mol. The molecular formula is C25H36FN5O17P2. The number of alkyl halides is 1. The number of nitrogens with two attached hydrogens (primary N) is 1. The predicted octanol–water partition coefficient (Wildman–Crippen LogP) is -0.000900. The second-order valence-corrected chi connectivity index (χ2v) is 14.4. The molecular weight excluding hydrogens is 723 g/mol. The van der Waals surface area contributed by atoms with Crippen LogP contribution in [0.2, 0.25) is 0 Å². The fourth-order valence-corrected chi connectivity index (χ4v) is 7.46. The first-order valence-electron chi connectivity index (χ1n) is 14.6. The Kier molecular flexibility index (Phi) is 12.0. The van der Waals surface area contributed by atoms with E-state index in [2.05, 4.69) is 23.8 Å². The number of hydrogen-bond acceptors (Lipinski definition) is 19. The summed E-state index contributed by atoms with van der Waals surface area (Å²) in [7, 11) is -11.6. The first kappa shape index (κ1) is 39.6. The van der Waals surface area contributed by atoms with Gasteiger partial charge in [0.25, 0.3) is 5.85 Å². The first-order chi connectivity index (χ1) is 23.1. The largest absolute Gasteiger partial charge is 0.483 e. The van der Waals surface area contributed by atoms with Crippen molar-refractivity contribution in [2.75, 3.05) is 18.9 Å². The standard InChI is InChI=1S/C25H36FN5O17P2/c1-10-11(2)19(44-14(5)34)24(45-18(10)15(43-13(4)33)6-41-12(3)32)47-50(39,40)48-49(37,38)42-7-25(26)20(36)17(35)23(46-25)31-9-30-16-21(27)28-8-29-22(16)31/h8-11,15,17-20,23-24,35-36H,6-7H2,1-5H3,(H,37,38)(H,39,40)(H2,27,28,29)/t10-,11-,15+,17-,18?,19?,20?,23+,24-,25+/m0/s1. The highest BCUT2D eigenvalue weighted by Crippen LogP contribution is 2.62. The fraction of sp³-hybridized carbons (Fsp3) is 0.680. The van der Waals surface area contributed by atoms with Gasteiger partial charge in [0.15, 0.2) is 29.9 Å². The fourth-order valence-electron chi connectivity index (χ4n) is 5.30. The summed E-state index contributed by atoms with van der Waals surface area (Å²) in [6.45, 7) is 4.12. The molecule has 2 fully saturated rings. The van der Waals surface area contributed by atoms with E-state index >= 15 is 4.39 Å². The summed E-state index contributed by atoms with van der Waals surface area (Å²) < 4.78 is 82.6. The highest BCUT2D eigenvalue weighted by Gasteiger charge is 2.58. The van der Waals surface area contributed by atoms with Gasteiger partial charge in [0.1, 0.15) is 43.4 Å². The minimum Gasteiger partial charge on any atom is -0.462 e. The third-order valence-electron chi connectivity index (χ3n) is 7.77. The molecule has 2 aliphatic heterocycles. The Morgan fingerprint density at radius 1 is 1.06 bits per heavy atom. The zero-order chi connectivity index (χ0) is 37.3. The zero-order valence-electron chi connectivity index (χ0n) is 27.0. The molecule has 280 valence electrons. The van der Waals surface area contributed by atoms with Gasteiger partial charge in [0.2, 0.25) is 6.29 Å². The lowest BCUT2D eigenvalue weighted by atomic mass is 9.81. The molecule has 0 bridgehead atoms. The molecule has 25 heteroatoms. The maximum absolute atomic E-state index is 15.8. The average Bonchev–Trinajstić information content (AvgIpc) is 3.53. The lowest BCUT2D eigenvalue weighted by molar-refractivity contribution is -0.270. The number of rotatable bonds is 13. The molecule has 0 amide bonds. The normalized spacial score (nSPS) is 32.8. The van der Waals surface area contributed by atoms with Crippen molar-refractivity contribution >= 4 is 50.5 Å². The third-order valence-corrected chi connectivity index (χ3v) is 10.3. The molecule has 22 nitrogen and oxygen atoms in total. The number of phosphoric acid groups is 2. The second-order valence-electron chi connectivity index (χ2n) is 11.4. The summed E-state index contributed by atoms with van der Waals surface area (Å²) in [4.78, 5) is 67.4. The first-order valence-corrected chi connectivity index (χ1v) is 17.6. The van der Waals surface area contributed by atoms with E-state index in [0.717, 1.165) is 38.0 Å². The van der Waals surface area contributed by atoms with Gasteiger partial charge in [-0.1, -0.05) is 13.8 Å². The number of esters is 3. The monoisotopic (exact) mass is 759 g/mol. The molecule has 2 aliphatic rings. The Balaban J connectivity index is 1.48. The van der Waals surface area contributed by atoms with Crippen LogP contribution in [-0.2, 0) is 60.6 Å². The van der Waals surface area contributed by atoms with Gasteiger partial charge in [-0.15, -0.1) is 0 Å². The van der Waals surface area contributed by atoms with Crippen LogP contribution in [0, 0.1) is 11.8 Å². The van der Waals surface area contributed by atoms with E-state index in [4.69, 9.17) is 33.9 Å². The van der Waals surface area contributed by atoms with E-state index < -0.39 is 107 Å². The van der Waals surface area contributed by atoms with E-state index in [1.54, 1.807) is 6.92 Å². The van der Waals surface area contributed by atoms with Crippen molar-refractivity contribution in [3.8, 4) is 0 Å². The SMILES string of the molecule is CC(=O)OC[C@@H](OC(C)=O)C1O[C@@H](OP(=O)(O)OP(=O)(O)OC[C@@]2(F)O[C@@H](n3cnc4c(N)ncnc43)[C@@H](O)C2O)C(OC(C)=O)[C@@H](C)[C@@H]1C.